The van der Waals surface area contributed by atoms with Crippen molar-refractivity contribution in [2.75, 3.05) is 4.90 Å². The summed E-state index contributed by atoms with van der Waals surface area (Å²) < 4.78 is 6.63. The average Bonchev–Trinajstić information content (AvgIpc) is 2.84. The van der Waals surface area contributed by atoms with Crippen molar-refractivity contribution in [3.63, 3.8) is 0 Å². The van der Waals surface area contributed by atoms with Crippen LogP contribution in [-0.2, 0) is 10.8 Å². The Labute approximate surface area is 196 Å². The minimum absolute atomic E-state index is 0.148. The first-order chi connectivity index (χ1) is 15.3. The minimum atomic E-state index is 0.148. The quantitative estimate of drug-likeness (QED) is 0.366. The van der Waals surface area contributed by atoms with Gasteiger partial charge in [0.05, 0.1) is 11.4 Å². The summed E-state index contributed by atoms with van der Waals surface area (Å²) in [6.07, 6.45) is 9.55. The van der Waals surface area contributed by atoms with Gasteiger partial charge in [-0.2, -0.15) is 0 Å². The monoisotopic (exact) mass is 431 g/mol. The number of allylic oxidation sites excluding steroid dienone is 2. The van der Waals surface area contributed by atoms with E-state index in [-0.39, 0.29) is 10.8 Å². The molecule has 2 nitrogen and oxygen atoms in total. The van der Waals surface area contributed by atoms with E-state index in [4.69, 9.17) is 4.74 Å². The van der Waals surface area contributed by atoms with Gasteiger partial charge < -0.3 is 9.64 Å². The van der Waals surface area contributed by atoms with Crippen LogP contribution < -0.4 is 9.64 Å². The van der Waals surface area contributed by atoms with Crippen LogP contribution in [0.5, 0.6) is 11.5 Å². The fraction of sp³-hybridized carbons (Fsp3) is 0.467. The lowest BCUT2D eigenvalue weighted by Gasteiger charge is -2.36. The van der Waals surface area contributed by atoms with Crippen LogP contribution in [0.15, 0.2) is 60.8 Å². The number of hydrogen-bond donors (Lipinski definition) is 0. The second kappa shape index (κ2) is 9.57. The number of fused-ring (bicyclic) bond motifs is 2. The van der Waals surface area contributed by atoms with Crippen LogP contribution in [0.2, 0.25) is 0 Å². The van der Waals surface area contributed by atoms with Crippen LogP contribution in [0.25, 0.3) is 0 Å². The van der Waals surface area contributed by atoms with Crippen molar-refractivity contribution in [1.82, 2.24) is 0 Å². The van der Waals surface area contributed by atoms with Gasteiger partial charge in [-0.1, -0.05) is 73.3 Å². The number of hydrogen-bond acceptors (Lipinski definition) is 2. The second-order valence-corrected chi connectivity index (χ2v) is 9.58. The second-order valence-electron chi connectivity index (χ2n) is 9.58. The maximum atomic E-state index is 6.63. The Morgan fingerprint density at radius 2 is 1.25 bits per heavy atom. The van der Waals surface area contributed by atoms with Crippen molar-refractivity contribution < 1.29 is 4.74 Å². The van der Waals surface area contributed by atoms with Gasteiger partial charge in [0.15, 0.2) is 11.5 Å². The van der Waals surface area contributed by atoms with Gasteiger partial charge in [-0.3, -0.25) is 0 Å². The molecule has 3 rings (SSSR count). The van der Waals surface area contributed by atoms with Crippen molar-refractivity contribution in [1.29, 1.82) is 0 Å². The van der Waals surface area contributed by atoms with E-state index in [0.29, 0.717) is 0 Å². The van der Waals surface area contributed by atoms with E-state index in [0.717, 1.165) is 60.7 Å². The maximum absolute atomic E-state index is 6.63. The molecule has 32 heavy (non-hydrogen) atoms. The largest absolute Gasteiger partial charge is 0.453 e. The van der Waals surface area contributed by atoms with E-state index in [1.165, 1.54) is 11.1 Å². The predicted molar refractivity (Wildman–Crippen MR) is 140 cm³/mol. The molecule has 1 heterocycles. The molecule has 1 aliphatic rings. The zero-order valence-corrected chi connectivity index (χ0v) is 21.2. The highest BCUT2D eigenvalue weighted by Crippen LogP contribution is 2.51. The standard InChI is InChI=1S/C30H41NO/c1-9-15-24(10-2)31-25-18-16-22(29(7,11-3)12-4)20-27(25)32-28-21-23(17-19-26(28)31)30(8,13-5)14-6/h10,15-21H,2,9,11-14H2,1,3-8H3/b24-15+. The van der Waals surface area contributed by atoms with E-state index in [2.05, 4.69) is 102 Å². The third-order valence-corrected chi connectivity index (χ3v) is 8.02. The molecule has 172 valence electrons. The van der Waals surface area contributed by atoms with Crippen molar-refractivity contribution in [3.8, 4) is 11.5 Å². The van der Waals surface area contributed by atoms with Gasteiger partial charge in [-0.15, -0.1) is 0 Å². The highest BCUT2D eigenvalue weighted by Gasteiger charge is 2.31. The van der Waals surface area contributed by atoms with E-state index in [1.807, 2.05) is 6.08 Å². The van der Waals surface area contributed by atoms with Crippen LogP contribution >= 0.6 is 0 Å². The summed E-state index contributed by atoms with van der Waals surface area (Å²) in [5.74, 6) is 1.86. The molecule has 0 amide bonds. The number of nitrogens with zero attached hydrogens (tertiary/aromatic N) is 1. The molecular weight excluding hydrogens is 390 g/mol. The topological polar surface area (TPSA) is 12.5 Å². The highest BCUT2D eigenvalue weighted by atomic mass is 16.5. The molecule has 0 atom stereocenters. The van der Waals surface area contributed by atoms with Crippen molar-refractivity contribution in [3.05, 3.63) is 72.0 Å². The van der Waals surface area contributed by atoms with Gasteiger partial charge >= 0.3 is 0 Å². The van der Waals surface area contributed by atoms with Gasteiger partial charge in [-0.25, -0.2) is 0 Å². The molecule has 1 aliphatic heterocycles. The zero-order valence-electron chi connectivity index (χ0n) is 21.2. The molecule has 2 aromatic carbocycles. The Morgan fingerprint density at radius 3 is 1.59 bits per heavy atom. The van der Waals surface area contributed by atoms with E-state index >= 15 is 0 Å². The Kier molecular flexibility index (Phi) is 7.22. The Hall–Kier alpha value is -2.48. The van der Waals surface area contributed by atoms with Crippen LogP contribution in [0.3, 0.4) is 0 Å². The lowest BCUT2D eigenvalue weighted by molar-refractivity contribution is 0.425. The van der Waals surface area contributed by atoms with Crippen LogP contribution in [0.1, 0.15) is 91.7 Å². The molecule has 0 aliphatic carbocycles. The third-order valence-electron chi connectivity index (χ3n) is 8.02. The molecule has 0 spiro atoms. The molecule has 0 N–H and O–H groups in total. The molecule has 0 radical (unpaired) electrons. The number of anilines is 2. The number of ether oxygens (including phenoxy) is 1. The van der Waals surface area contributed by atoms with Crippen LogP contribution in [0.4, 0.5) is 11.4 Å². The van der Waals surface area contributed by atoms with Crippen molar-refractivity contribution >= 4 is 11.4 Å². The van der Waals surface area contributed by atoms with Gasteiger partial charge in [0.2, 0.25) is 0 Å². The molecule has 2 heteroatoms. The van der Waals surface area contributed by atoms with E-state index in [1.54, 1.807) is 0 Å². The Morgan fingerprint density at radius 1 is 0.812 bits per heavy atom. The Bertz CT molecular complexity index is 924. The third kappa shape index (κ3) is 4.12. The molecular formula is C30H41NO. The molecule has 0 saturated carbocycles. The first kappa shape index (κ1) is 24.2. The summed E-state index contributed by atoms with van der Waals surface area (Å²) in [4.78, 5) is 2.31. The summed E-state index contributed by atoms with van der Waals surface area (Å²) in [7, 11) is 0. The Balaban J connectivity index is 2.22. The minimum Gasteiger partial charge on any atom is -0.453 e. The smallest absolute Gasteiger partial charge is 0.151 e. The summed E-state index contributed by atoms with van der Waals surface area (Å²) in [6.45, 7) is 20.1. The van der Waals surface area contributed by atoms with Gasteiger partial charge in [0, 0.05) is 5.70 Å². The fourth-order valence-corrected chi connectivity index (χ4v) is 4.63. The van der Waals surface area contributed by atoms with E-state index in [9.17, 15) is 0 Å². The lowest BCUT2D eigenvalue weighted by atomic mass is 9.77. The first-order valence-electron chi connectivity index (χ1n) is 12.4. The highest BCUT2D eigenvalue weighted by molar-refractivity contribution is 5.82. The first-order valence-corrected chi connectivity index (χ1v) is 12.4. The summed E-state index contributed by atoms with van der Waals surface area (Å²) in [5, 5.41) is 0. The average molecular weight is 432 g/mol. The molecule has 0 fully saturated rings. The van der Waals surface area contributed by atoms with Crippen molar-refractivity contribution in [2.45, 2.75) is 91.4 Å². The molecule has 2 aromatic rings. The van der Waals surface area contributed by atoms with Gasteiger partial charge in [0.1, 0.15) is 0 Å². The summed E-state index contributed by atoms with van der Waals surface area (Å²) in [6, 6.07) is 13.5. The predicted octanol–water partition coefficient (Wildman–Crippen LogP) is 9.57. The van der Waals surface area contributed by atoms with Gasteiger partial charge in [0.25, 0.3) is 0 Å². The summed E-state index contributed by atoms with van der Waals surface area (Å²) >= 11 is 0. The van der Waals surface area contributed by atoms with Gasteiger partial charge in [-0.05, 0) is 84.4 Å². The normalized spacial score (nSPS) is 14.0. The molecule has 0 bridgehead atoms. The fourth-order valence-electron chi connectivity index (χ4n) is 4.63. The molecule has 0 saturated heterocycles. The number of benzene rings is 2. The van der Waals surface area contributed by atoms with Crippen LogP contribution in [0, 0.1) is 0 Å². The molecule has 0 unspecified atom stereocenters. The van der Waals surface area contributed by atoms with E-state index < -0.39 is 0 Å². The van der Waals surface area contributed by atoms with Crippen molar-refractivity contribution in [2.24, 2.45) is 0 Å². The number of rotatable bonds is 9. The molecule has 0 aromatic heterocycles. The zero-order chi connectivity index (χ0) is 23.5. The lowest BCUT2D eigenvalue weighted by Crippen LogP contribution is -2.24. The van der Waals surface area contributed by atoms with Crippen LogP contribution in [-0.4, -0.2) is 0 Å². The maximum Gasteiger partial charge on any atom is 0.151 e. The SMILES string of the molecule is C=C/C(=C\CC)N1c2ccc(C(C)(CC)CC)cc2Oc2cc(C(C)(CC)CC)ccc21. The summed E-state index contributed by atoms with van der Waals surface area (Å²) in [5.41, 5.74) is 6.24.